The number of benzene rings is 3. The molecule has 0 radical (unpaired) electrons. The lowest BCUT2D eigenvalue weighted by Crippen LogP contribution is -2.45. The van der Waals surface area contributed by atoms with Gasteiger partial charge in [0.15, 0.2) is 5.11 Å². The molecule has 1 heterocycles. The fourth-order valence-electron chi connectivity index (χ4n) is 3.31. The number of rotatable bonds is 4. The van der Waals surface area contributed by atoms with Crippen LogP contribution in [0.25, 0.3) is 21.8 Å². The molecule has 9 heteroatoms. The summed E-state index contributed by atoms with van der Waals surface area (Å²) in [7, 11) is 0. The molecule has 0 fully saturated rings. The first-order chi connectivity index (χ1) is 14.5. The molecule has 0 saturated carbocycles. The maximum atomic E-state index is 12.5. The van der Waals surface area contributed by atoms with E-state index in [1.807, 2.05) is 53.1 Å². The zero-order valence-electron chi connectivity index (χ0n) is 15.7. The van der Waals surface area contributed by atoms with E-state index in [0.29, 0.717) is 5.69 Å². The summed E-state index contributed by atoms with van der Waals surface area (Å²) >= 11 is 5.16. The summed E-state index contributed by atoms with van der Waals surface area (Å²) in [5, 5.41) is 15.9. The number of carbonyl (C=O) groups is 1. The third kappa shape index (κ3) is 3.91. The van der Waals surface area contributed by atoms with Gasteiger partial charge in [0.25, 0.3) is 11.6 Å². The Hall–Kier alpha value is -3.98. The van der Waals surface area contributed by atoms with Crippen LogP contribution in [0, 0.1) is 10.1 Å². The fraction of sp³-hybridized carbons (Fsp3) is 0.0476. The SMILES string of the molecule is O=C(Cn1c2ccccc2c2ccccc21)NNC(=S)Nc1ccc([N+](=O)[O-])cc1. The second-order valence-corrected chi connectivity index (χ2v) is 6.96. The second-order valence-electron chi connectivity index (χ2n) is 6.55. The van der Waals surface area contributed by atoms with Crippen molar-refractivity contribution in [1.82, 2.24) is 15.4 Å². The van der Waals surface area contributed by atoms with Crippen LogP contribution in [0.3, 0.4) is 0 Å². The number of nitro groups is 1. The molecule has 4 rings (SSSR count). The minimum atomic E-state index is -0.477. The van der Waals surface area contributed by atoms with Crippen LogP contribution in [0.1, 0.15) is 0 Å². The highest BCUT2D eigenvalue weighted by Gasteiger charge is 2.12. The number of hydrogen-bond acceptors (Lipinski definition) is 4. The van der Waals surface area contributed by atoms with Crippen LogP contribution in [0.5, 0.6) is 0 Å². The van der Waals surface area contributed by atoms with E-state index in [2.05, 4.69) is 16.2 Å². The van der Waals surface area contributed by atoms with Gasteiger partial charge in [-0.1, -0.05) is 36.4 Å². The zero-order valence-corrected chi connectivity index (χ0v) is 16.5. The van der Waals surface area contributed by atoms with Gasteiger partial charge >= 0.3 is 0 Å². The van der Waals surface area contributed by atoms with Gasteiger partial charge in [-0.2, -0.15) is 0 Å². The number of non-ortho nitro benzene ring substituents is 1. The minimum Gasteiger partial charge on any atom is -0.331 e. The number of carbonyl (C=O) groups excluding carboxylic acids is 1. The summed E-state index contributed by atoms with van der Waals surface area (Å²) in [6, 6.07) is 21.7. The summed E-state index contributed by atoms with van der Waals surface area (Å²) in [5.74, 6) is -0.269. The predicted molar refractivity (Wildman–Crippen MR) is 120 cm³/mol. The average Bonchev–Trinajstić information content (AvgIpc) is 3.07. The lowest BCUT2D eigenvalue weighted by atomic mass is 10.2. The van der Waals surface area contributed by atoms with Gasteiger partial charge in [-0.15, -0.1) is 0 Å². The van der Waals surface area contributed by atoms with Crippen molar-refractivity contribution in [2.75, 3.05) is 5.32 Å². The quantitative estimate of drug-likeness (QED) is 0.265. The number of aromatic nitrogens is 1. The van der Waals surface area contributed by atoms with E-state index in [1.54, 1.807) is 0 Å². The smallest absolute Gasteiger partial charge is 0.269 e. The van der Waals surface area contributed by atoms with E-state index in [1.165, 1.54) is 24.3 Å². The standard InChI is InChI=1S/C21H17N5O3S/c27-20(23-24-21(30)22-14-9-11-15(12-10-14)26(28)29)13-25-18-7-3-1-5-16(18)17-6-2-4-8-19(17)25/h1-12H,13H2,(H,23,27)(H2,22,24,30). The Morgan fingerprint density at radius 1 is 0.900 bits per heavy atom. The molecule has 0 aliphatic rings. The molecule has 0 spiro atoms. The molecule has 30 heavy (non-hydrogen) atoms. The van der Waals surface area contributed by atoms with Gasteiger partial charge in [-0.05, 0) is 36.5 Å². The molecule has 1 aromatic heterocycles. The molecule has 1 amide bonds. The molecular formula is C21H17N5O3S. The number of para-hydroxylation sites is 2. The Kier molecular flexibility index (Phi) is 5.27. The molecule has 0 saturated heterocycles. The van der Waals surface area contributed by atoms with Crippen molar-refractivity contribution in [2.24, 2.45) is 0 Å². The molecule has 8 nitrogen and oxygen atoms in total. The molecule has 3 aromatic carbocycles. The van der Waals surface area contributed by atoms with Gasteiger partial charge in [0, 0.05) is 39.6 Å². The number of hydrogen-bond donors (Lipinski definition) is 3. The highest BCUT2D eigenvalue weighted by Crippen LogP contribution is 2.28. The summed E-state index contributed by atoms with van der Waals surface area (Å²) in [6.45, 7) is 0.112. The minimum absolute atomic E-state index is 0.0149. The lowest BCUT2D eigenvalue weighted by Gasteiger charge is -2.12. The number of nitrogens with one attached hydrogen (secondary N) is 3. The van der Waals surface area contributed by atoms with Gasteiger partial charge < -0.3 is 9.88 Å². The molecule has 3 N–H and O–H groups in total. The van der Waals surface area contributed by atoms with E-state index in [0.717, 1.165) is 21.8 Å². The van der Waals surface area contributed by atoms with E-state index >= 15 is 0 Å². The van der Waals surface area contributed by atoms with Crippen molar-refractivity contribution >= 4 is 56.4 Å². The van der Waals surface area contributed by atoms with Gasteiger partial charge in [0.2, 0.25) is 0 Å². The molecule has 150 valence electrons. The molecule has 0 aliphatic carbocycles. The normalized spacial score (nSPS) is 10.7. The van der Waals surface area contributed by atoms with Crippen molar-refractivity contribution in [1.29, 1.82) is 0 Å². The Labute approximate surface area is 176 Å². The second kappa shape index (κ2) is 8.18. The third-order valence-electron chi connectivity index (χ3n) is 4.63. The lowest BCUT2D eigenvalue weighted by molar-refractivity contribution is -0.384. The van der Waals surface area contributed by atoms with Crippen LogP contribution in [0.4, 0.5) is 11.4 Å². The Morgan fingerprint density at radius 2 is 1.47 bits per heavy atom. The summed E-state index contributed by atoms with van der Waals surface area (Å²) in [6.07, 6.45) is 0. The van der Waals surface area contributed by atoms with E-state index in [4.69, 9.17) is 12.2 Å². The molecular weight excluding hydrogens is 402 g/mol. The number of nitrogens with zero attached hydrogens (tertiary/aromatic N) is 2. The molecule has 0 aliphatic heterocycles. The molecule has 0 unspecified atom stereocenters. The fourth-order valence-corrected chi connectivity index (χ4v) is 3.48. The Balaban J connectivity index is 1.41. The monoisotopic (exact) mass is 419 g/mol. The van der Waals surface area contributed by atoms with Crippen LogP contribution >= 0.6 is 12.2 Å². The van der Waals surface area contributed by atoms with Crippen molar-refractivity contribution < 1.29 is 9.72 Å². The predicted octanol–water partition coefficient (Wildman–Crippen LogP) is 3.72. The number of amides is 1. The highest BCUT2D eigenvalue weighted by molar-refractivity contribution is 7.80. The van der Waals surface area contributed by atoms with Gasteiger partial charge in [-0.3, -0.25) is 25.8 Å². The Morgan fingerprint density at radius 3 is 2.03 bits per heavy atom. The van der Waals surface area contributed by atoms with Crippen LogP contribution in [-0.2, 0) is 11.3 Å². The molecule has 4 aromatic rings. The number of fused-ring (bicyclic) bond motifs is 3. The number of hydrazine groups is 1. The van der Waals surface area contributed by atoms with Gasteiger partial charge in [0.05, 0.1) is 4.92 Å². The van der Waals surface area contributed by atoms with Crippen LogP contribution in [0.15, 0.2) is 72.8 Å². The van der Waals surface area contributed by atoms with Gasteiger partial charge in [-0.25, -0.2) is 0 Å². The summed E-state index contributed by atoms with van der Waals surface area (Å²) in [5.41, 5.74) is 7.72. The van der Waals surface area contributed by atoms with Crippen LogP contribution in [-0.4, -0.2) is 20.5 Å². The van der Waals surface area contributed by atoms with Gasteiger partial charge in [0.1, 0.15) is 6.54 Å². The molecule has 0 bridgehead atoms. The number of nitro benzene ring substituents is 1. The van der Waals surface area contributed by atoms with Crippen molar-refractivity contribution in [3.8, 4) is 0 Å². The highest BCUT2D eigenvalue weighted by atomic mass is 32.1. The first kappa shape index (κ1) is 19.3. The first-order valence-electron chi connectivity index (χ1n) is 9.09. The van der Waals surface area contributed by atoms with E-state index in [-0.39, 0.29) is 23.3 Å². The largest absolute Gasteiger partial charge is 0.331 e. The van der Waals surface area contributed by atoms with Crippen molar-refractivity contribution in [2.45, 2.75) is 6.54 Å². The maximum Gasteiger partial charge on any atom is 0.269 e. The van der Waals surface area contributed by atoms with E-state index < -0.39 is 4.92 Å². The zero-order chi connectivity index (χ0) is 21.1. The summed E-state index contributed by atoms with van der Waals surface area (Å²) < 4.78 is 1.95. The van der Waals surface area contributed by atoms with E-state index in [9.17, 15) is 14.9 Å². The molecule has 0 atom stereocenters. The Bertz CT molecular complexity index is 1210. The topological polar surface area (TPSA) is 101 Å². The van der Waals surface area contributed by atoms with Crippen LogP contribution < -0.4 is 16.2 Å². The summed E-state index contributed by atoms with van der Waals surface area (Å²) in [4.78, 5) is 22.7. The van der Waals surface area contributed by atoms with Crippen molar-refractivity contribution in [3.63, 3.8) is 0 Å². The third-order valence-corrected chi connectivity index (χ3v) is 4.84. The number of anilines is 1. The maximum absolute atomic E-state index is 12.5. The average molecular weight is 419 g/mol. The first-order valence-corrected chi connectivity index (χ1v) is 9.50. The van der Waals surface area contributed by atoms with Crippen LogP contribution in [0.2, 0.25) is 0 Å². The van der Waals surface area contributed by atoms with Crippen molar-refractivity contribution in [3.05, 3.63) is 82.9 Å². The number of thiocarbonyl (C=S) groups is 1.